The van der Waals surface area contributed by atoms with Gasteiger partial charge in [-0.3, -0.25) is 9.59 Å². The minimum atomic E-state index is -3.19. The second kappa shape index (κ2) is 8.73. The molecule has 156 valence electrons. The molecule has 1 atom stereocenters. The first kappa shape index (κ1) is 21.0. The van der Waals surface area contributed by atoms with Crippen LogP contribution in [-0.4, -0.2) is 61.1 Å². The summed E-state index contributed by atoms with van der Waals surface area (Å²) in [6.07, 6.45) is 1.31. The molecule has 2 aliphatic rings. The molecular formula is C19H23N3O6S. The van der Waals surface area contributed by atoms with Crippen molar-refractivity contribution in [2.24, 2.45) is 5.10 Å². The summed E-state index contributed by atoms with van der Waals surface area (Å²) in [6.45, 7) is 1.54. The summed E-state index contributed by atoms with van der Waals surface area (Å²) in [5, 5.41) is 7.74. The Morgan fingerprint density at radius 1 is 1.24 bits per heavy atom. The van der Waals surface area contributed by atoms with Gasteiger partial charge >= 0.3 is 5.97 Å². The maximum absolute atomic E-state index is 12.2. The fraction of sp³-hybridized carbons (Fsp3) is 0.474. The van der Waals surface area contributed by atoms with Gasteiger partial charge in [0.25, 0.3) is 5.91 Å². The zero-order chi connectivity index (χ0) is 21.0. The number of carbonyl (C=O) groups excluding carboxylic acids is 3. The van der Waals surface area contributed by atoms with Crippen molar-refractivity contribution in [3.63, 3.8) is 0 Å². The highest BCUT2D eigenvalue weighted by atomic mass is 32.2. The van der Waals surface area contributed by atoms with Crippen LogP contribution in [0.5, 0.6) is 0 Å². The predicted octanol–water partition coefficient (Wildman–Crippen LogP) is 0.896. The highest BCUT2D eigenvalue weighted by Gasteiger charge is 2.37. The Kier molecular flexibility index (Phi) is 6.31. The molecular weight excluding hydrogens is 398 g/mol. The Morgan fingerprint density at radius 3 is 2.59 bits per heavy atom. The van der Waals surface area contributed by atoms with Crippen molar-refractivity contribution < 1.29 is 27.5 Å². The van der Waals surface area contributed by atoms with E-state index in [1.54, 1.807) is 12.1 Å². The number of nitrogens with one attached hydrogen (secondary N) is 1. The summed E-state index contributed by atoms with van der Waals surface area (Å²) < 4.78 is 28.3. The lowest BCUT2D eigenvalue weighted by Gasteiger charge is -2.27. The van der Waals surface area contributed by atoms with Gasteiger partial charge in [-0.25, -0.2) is 18.2 Å². The molecule has 10 heteroatoms. The third-order valence-corrected chi connectivity index (χ3v) is 6.58. The van der Waals surface area contributed by atoms with Crippen LogP contribution in [-0.2, 0) is 35.4 Å². The number of amides is 2. The van der Waals surface area contributed by atoms with Crippen LogP contribution in [0.4, 0.5) is 5.69 Å². The van der Waals surface area contributed by atoms with E-state index in [-0.39, 0.29) is 36.0 Å². The molecule has 2 aliphatic heterocycles. The number of benzene rings is 1. The van der Waals surface area contributed by atoms with E-state index in [4.69, 9.17) is 4.74 Å². The van der Waals surface area contributed by atoms with Crippen LogP contribution < -0.4 is 5.32 Å². The van der Waals surface area contributed by atoms with Gasteiger partial charge in [-0.2, -0.15) is 5.10 Å². The van der Waals surface area contributed by atoms with Gasteiger partial charge in [-0.15, -0.1) is 0 Å². The molecule has 1 aromatic rings. The molecule has 9 nitrogen and oxygen atoms in total. The minimum absolute atomic E-state index is 0.00382. The monoisotopic (exact) mass is 421 g/mol. The molecule has 0 aromatic heterocycles. The van der Waals surface area contributed by atoms with Crippen molar-refractivity contribution in [2.75, 3.05) is 23.4 Å². The third kappa shape index (κ3) is 5.41. The number of rotatable bonds is 6. The van der Waals surface area contributed by atoms with E-state index in [1.165, 1.54) is 0 Å². The lowest BCUT2D eigenvalue weighted by Crippen LogP contribution is -2.42. The number of nitrogens with zero attached hydrogens (tertiary/aromatic N) is 2. The Morgan fingerprint density at radius 2 is 1.97 bits per heavy atom. The molecule has 1 aromatic carbocycles. The van der Waals surface area contributed by atoms with Crippen LogP contribution in [0.3, 0.4) is 0 Å². The van der Waals surface area contributed by atoms with Crippen LogP contribution in [0, 0.1) is 0 Å². The van der Waals surface area contributed by atoms with Crippen molar-refractivity contribution >= 4 is 39.0 Å². The summed E-state index contributed by atoms with van der Waals surface area (Å²) in [5.74, 6) is -1.77. The number of sulfone groups is 1. The normalized spacial score (nSPS) is 20.9. The number of hydrogen-bond acceptors (Lipinski definition) is 7. The first-order valence-electron chi connectivity index (χ1n) is 9.43. The minimum Gasteiger partial charge on any atom is -0.451 e. The van der Waals surface area contributed by atoms with Crippen molar-refractivity contribution in [2.45, 2.75) is 38.6 Å². The van der Waals surface area contributed by atoms with Gasteiger partial charge in [-0.05, 0) is 30.5 Å². The lowest BCUT2D eigenvalue weighted by atomic mass is 10.1. The topological polar surface area (TPSA) is 122 Å². The van der Waals surface area contributed by atoms with E-state index < -0.39 is 34.4 Å². The lowest BCUT2D eigenvalue weighted by molar-refractivity contribution is -0.141. The van der Waals surface area contributed by atoms with E-state index in [0.29, 0.717) is 12.1 Å². The average molecular weight is 421 g/mol. The number of anilines is 1. The van der Waals surface area contributed by atoms with Crippen LogP contribution in [0.2, 0.25) is 0 Å². The number of esters is 1. The van der Waals surface area contributed by atoms with E-state index in [1.807, 2.05) is 19.1 Å². The van der Waals surface area contributed by atoms with Gasteiger partial charge in [0.15, 0.2) is 16.4 Å². The Balaban J connectivity index is 1.55. The number of aryl methyl sites for hydroxylation is 1. The molecule has 1 fully saturated rings. The number of ether oxygens (including phenoxy) is 1. The highest BCUT2D eigenvalue weighted by Crippen LogP contribution is 2.22. The Labute approximate surface area is 169 Å². The molecule has 0 bridgehead atoms. The Bertz CT molecular complexity index is 939. The van der Waals surface area contributed by atoms with Gasteiger partial charge in [0.1, 0.15) is 5.71 Å². The summed E-state index contributed by atoms with van der Waals surface area (Å²) in [5.41, 5.74) is 1.74. The average Bonchev–Trinajstić information content (AvgIpc) is 3.06. The summed E-state index contributed by atoms with van der Waals surface area (Å²) in [4.78, 5) is 36.3. The van der Waals surface area contributed by atoms with Gasteiger partial charge in [-0.1, -0.05) is 19.1 Å². The smallest absolute Gasteiger partial charge is 0.355 e. The number of carbonyl (C=O) groups is 3. The summed E-state index contributed by atoms with van der Waals surface area (Å²) >= 11 is 0. The van der Waals surface area contributed by atoms with Crippen molar-refractivity contribution in [3.8, 4) is 0 Å². The largest absolute Gasteiger partial charge is 0.451 e. The molecule has 0 radical (unpaired) electrons. The quantitative estimate of drug-likeness (QED) is 0.681. The van der Waals surface area contributed by atoms with Crippen molar-refractivity contribution in [3.05, 3.63) is 29.8 Å². The molecule has 2 amide bonds. The fourth-order valence-corrected chi connectivity index (χ4v) is 4.90. The van der Waals surface area contributed by atoms with E-state index in [0.717, 1.165) is 17.0 Å². The van der Waals surface area contributed by atoms with Gasteiger partial charge in [0.05, 0.1) is 17.5 Å². The van der Waals surface area contributed by atoms with Gasteiger partial charge < -0.3 is 10.1 Å². The number of hydrazone groups is 1. The molecule has 0 saturated carbocycles. The third-order valence-electron chi connectivity index (χ3n) is 4.83. The summed E-state index contributed by atoms with van der Waals surface area (Å²) in [6, 6.07) is 6.76. The molecule has 1 saturated heterocycles. The first-order valence-corrected chi connectivity index (χ1v) is 11.3. The van der Waals surface area contributed by atoms with Crippen LogP contribution in [0.1, 0.15) is 31.7 Å². The maximum Gasteiger partial charge on any atom is 0.355 e. The van der Waals surface area contributed by atoms with Gasteiger partial charge in [0, 0.05) is 18.5 Å². The second-order valence-electron chi connectivity index (χ2n) is 7.02. The van der Waals surface area contributed by atoms with Crippen LogP contribution in [0.15, 0.2) is 29.4 Å². The molecule has 29 heavy (non-hydrogen) atoms. The second-order valence-corrected chi connectivity index (χ2v) is 9.25. The maximum atomic E-state index is 12.2. The predicted molar refractivity (Wildman–Crippen MR) is 106 cm³/mol. The molecule has 0 aliphatic carbocycles. The van der Waals surface area contributed by atoms with Gasteiger partial charge in [0.2, 0.25) is 5.91 Å². The Hall–Kier alpha value is -2.75. The standard InChI is InChI=1S/C19H23N3O6S/c1-2-13-3-5-14(6-4-13)20-17(23)11-28-19(25)16-7-8-18(24)22(21-16)15-9-10-29(26,27)12-15/h3-6,15H,2,7-12H2,1H3,(H,20,23)/t15-/m1/s1. The molecule has 0 spiro atoms. The van der Waals surface area contributed by atoms with Crippen molar-refractivity contribution in [1.82, 2.24) is 5.01 Å². The fourth-order valence-electron chi connectivity index (χ4n) is 3.21. The SMILES string of the molecule is CCc1ccc(NC(=O)COC(=O)C2=NN([C@@H]3CCS(=O)(=O)C3)C(=O)CC2)cc1. The first-order chi connectivity index (χ1) is 13.8. The molecule has 3 rings (SSSR count). The zero-order valence-corrected chi connectivity index (χ0v) is 16.9. The highest BCUT2D eigenvalue weighted by molar-refractivity contribution is 7.91. The summed E-state index contributed by atoms with van der Waals surface area (Å²) in [7, 11) is -3.19. The van der Waals surface area contributed by atoms with Crippen LogP contribution in [0.25, 0.3) is 0 Å². The van der Waals surface area contributed by atoms with E-state index in [2.05, 4.69) is 10.4 Å². The molecule has 0 unspecified atom stereocenters. The van der Waals surface area contributed by atoms with Crippen LogP contribution >= 0.6 is 0 Å². The zero-order valence-electron chi connectivity index (χ0n) is 16.1. The van der Waals surface area contributed by atoms with E-state index in [9.17, 15) is 22.8 Å². The van der Waals surface area contributed by atoms with E-state index >= 15 is 0 Å². The molecule has 1 N–H and O–H groups in total. The molecule has 2 heterocycles. The number of hydrogen-bond donors (Lipinski definition) is 1. The van der Waals surface area contributed by atoms with Crippen molar-refractivity contribution in [1.29, 1.82) is 0 Å².